The van der Waals surface area contributed by atoms with Gasteiger partial charge in [-0.25, -0.2) is 13.2 Å². The Morgan fingerprint density at radius 3 is 2.62 bits per heavy atom. The predicted octanol–water partition coefficient (Wildman–Crippen LogP) is 2.70. The Morgan fingerprint density at radius 2 is 1.90 bits per heavy atom. The predicted molar refractivity (Wildman–Crippen MR) is 69.0 cm³/mol. The Labute approximate surface area is 119 Å². The fourth-order valence-electron chi connectivity index (χ4n) is 2.40. The molecule has 0 atom stereocenters. The fraction of sp³-hybridized carbons (Fsp3) is 0.200. The van der Waals surface area contributed by atoms with Gasteiger partial charge in [0.05, 0.1) is 0 Å². The highest BCUT2D eigenvalue weighted by Crippen LogP contribution is 2.20. The molecule has 0 bridgehead atoms. The number of fused-ring (bicyclic) bond motifs is 1. The van der Waals surface area contributed by atoms with Gasteiger partial charge < -0.3 is 4.90 Å². The molecule has 0 spiro atoms. The van der Waals surface area contributed by atoms with Crippen LogP contribution in [0, 0.1) is 17.5 Å². The van der Waals surface area contributed by atoms with Crippen LogP contribution < -0.4 is 0 Å². The molecule has 3 nitrogen and oxygen atoms in total. The first kappa shape index (κ1) is 13.6. The number of pyridine rings is 1. The minimum atomic E-state index is -1.57. The van der Waals surface area contributed by atoms with Gasteiger partial charge >= 0.3 is 0 Å². The number of amides is 1. The zero-order chi connectivity index (χ0) is 15.0. The average molecular weight is 292 g/mol. The first-order chi connectivity index (χ1) is 10.1. The molecule has 1 aliphatic heterocycles. The second-order valence-corrected chi connectivity index (χ2v) is 4.84. The van der Waals surface area contributed by atoms with Crippen molar-refractivity contribution in [2.45, 2.75) is 13.0 Å². The number of halogens is 3. The molecule has 2 aromatic rings. The Hall–Kier alpha value is -2.37. The standard InChI is InChI=1S/C15H11F3N2O/c16-11-6-10(7-12(17)14(11)18)15(21)20-5-3-13-9(8-20)2-1-4-19-13/h1-2,4,6-7H,3,5,8H2. The molecule has 0 saturated carbocycles. The Balaban J connectivity index is 1.87. The van der Waals surface area contributed by atoms with E-state index in [0.717, 1.165) is 23.4 Å². The maximum atomic E-state index is 13.2. The second-order valence-electron chi connectivity index (χ2n) is 4.84. The highest BCUT2D eigenvalue weighted by atomic mass is 19.2. The smallest absolute Gasteiger partial charge is 0.254 e. The molecular weight excluding hydrogens is 281 g/mol. The minimum absolute atomic E-state index is 0.196. The summed E-state index contributed by atoms with van der Waals surface area (Å²) in [6.07, 6.45) is 2.26. The average Bonchev–Trinajstić information content (AvgIpc) is 2.51. The monoisotopic (exact) mass is 292 g/mol. The maximum Gasteiger partial charge on any atom is 0.254 e. The first-order valence-electron chi connectivity index (χ1n) is 6.43. The molecule has 1 aromatic heterocycles. The highest BCUT2D eigenvalue weighted by Gasteiger charge is 2.24. The summed E-state index contributed by atoms with van der Waals surface area (Å²) in [5.74, 6) is -4.82. The van der Waals surface area contributed by atoms with E-state index in [-0.39, 0.29) is 5.56 Å². The van der Waals surface area contributed by atoms with E-state index in [1.165, 1.54) is 4.90 Å². The van der Waals surface area contributed by atoms with Gasteiger partial charge in [-0.2, -0.15) is 0 Å². The van der Waals surface area contributed by atoms with Gasteiger partial charge in [0.15, 0.2) is 17.5 Å². The Kier molecular flexibility index (Phi) is 3.37. The lowest BCUT2D eigenvalue weighted by molar-refractivity contribution is 0.0732. The number of aromatic nitrogens is 1. The summed E-state index contributed by atoms with van der Waals surface area (Å²) in [6, 6.07) is 5.07. The van der Waals surface area contributed by atoms with E-state index < -0.39 is 23.4 Å². The van der Waals surface area contributed by atoms with Crippen LogP contribution in [-0.4, -0.2) is 22.3 Å². The summed E-state index contributed by atoms with van der Waals surface area (Å²) < 4.78 is 39.4. The van der Waals surface area contributed by atoms with Gasteiger partial charge in [0, 0.05) is 37.0 Å². The quantitative estimate of drug-likeness (QED) is 0.757. The highest BCUT2D eigenvalue weighted by molar-refractivity contribution is 5.94. The topological polar surface area (TPSA) is 33.2 Å². The number of hydrogen-bond donors (Lipinski definition) is 0. The van der Waals surface area contributed by atoms with Gasteiger partial charge in [0.1, 0.15) is 0 Å². The van der Waals surface area contributed by atoms with E-state index in [1.54, 1.807) is 12.3 Å². The molecule has 1 amide bonds. The third-order valence-corrected chi connectivity index (χ3v) is 3.48. The largest absolute Gasteiger partial charge is 0.334 e. The molecule has 0 fully saturated rings. The molecule has 21 heavy (non-hydrogen) atoms. The number of carbonyl (C=O) groups excluding carboxylic acids is 1. The van der Waals surface area contributed by atoms with Crippen molar-refractivity contribution in [2.24, 2.45) is 0 Å². The van der Waals surface area contributed by atoms with E-state index in [1.807, 2.05) is 6.07 Å². The third kappa shape index (κ3) is 2.49. The molecule has 1 aliphatic rings. The van der Waals surface area contributed by atoms with Crippen LogP contribution in [-0.2, 0) is 13.0 Å². The van der Waals surface area contributed by atoms with Crippen molar-refractivity contribution in [3.05, 3.63) is 64.7 Å². The molecule has 1 aromatic carbocycles. The molecular formula is C15H11F3N2O. The van der Waals surface area contributed by atoms with Crippen LogP contribution in [0.5, 0.6) is 0 Å². The normalized spacial score (nSPS) is 14.0. The van der Waals surface area contributed by atoms with Gasteiger partial charge in [-0.3, -0.25) is 9.78 Å². The van der Waals surface area contributed by atoms with Crippen LogP contribution in [0.2, 0.25) is 0 Å². The Bertz CT molecular complexity index is 695. The van der Waals surface area contributed by atoms with Crippen LogP contribution in [0.3, 0.4) is 0 Å². The fourth-order valence-corrected chi connectivity index (χ4v) is 2.40. The lowest BCUT2D eigenvalue weighted by Crippen LogP contribution is -2.36. The summed E-state index contributed by atoms with van der Waals surface area (Å²) in [5.41, 5.74) is 1.62. The van der Waals surface area contributed by atoms with Crippen molar-refractivity contribution in [3.63, 3.8) is 0 Å². The molecule has 6 heteroatoms. The first-order valence-corrected chi connectivity index (χ1v) is 6.43. The zero-order valence-corrected chi connectivity index (χ0v) is 10.9. The van der Waals surface area contributed by atoms with Crippen molar-refractivity contribution in [1.82, 2.24) is 9.88 Å². The summed E-state index contributed by atoms with van der Waals surface area (Å²) in [5, 5.41) is 0. The molecule has 0 N–H and O–H groups in total. The van der Waals surface area contributed by atoms with Gasteiger partial charge in [-0.1, -0.05) is 6.07 Å². The van der Waals surface area contributed by atoms with Crippen LogP contribution in [0.25, 0.3) is 0 Å². The van der Waals surface area contributed by atoms with Crippen molar-refractivity contribution < 1.29 is 18.0 Å². The van der Waals surface area contributed by atoms with E-state index in [9.17, 15) is 18.0 Å². The molecule has 0 saturated heterocycles. The second kappa shape index (κ2) is 5.20. The van der Waals surface area contributed by atoms with Crippen molar-refractivity contribution in [3.8, 4) is 0 Å². The number of rotatable bonds is 1. The van der Waals surface area contributed by atoms with E-state index in [4.69, 9.17) is 0 Å². The summed E-state index contributed by atoms with van der Waals surface area (Å²) in [4.78, 5) is 18.0. The maximum absolute atomic E-state index is 13.2. The van der Waals surface area contributed by atoms with Crippen LogP contribution in [0.1, 0.15) is 21.6 Å². The van der Waals surface area contributed by atoms with Crippen molar-refractivity contribution in [1.29, 1.82) is 0 Å². The zero-order valence-electron chi connectivity index (χ0n) is 10.9. The molecule has 3 rings (SSSR count). The van der Waals surface area contributed by atoms with Gasteiger partial charge in [-0.05, 0) is 23.8 Å². The summed E-state index contributed by atoms with van der Waals surface area (Å²) in [7, 11) is 0. The van der Waals surface area contributed by atoms with E-state index in [0.29, 0.717) is 19.5 Å². The SMILES string of the molecule is O=C(c1cc(F)c(F)c(F)c1)N1CCc2ncccc2C1. The van der Waals surface area contributed by atoms with Gasteiger partial charge in [-0.15, -0.1) is 0 Å². The number of hydrogen-bond acceptors (Lipinski definition) is 2. The summed E-state index contributed by atoms with van der Waals surface area (Å²) >= 11 is 0. The molecule has 2 heterocycles. The molecule has 0 radical (unpaired) electrons. The number of carbonyl (C=O) groups is 1. The van der Waals surface area contributed by atoms with Crippen LogP contribution >= 0.6 is 0 Å². The van der Waals surface area contributed by atoms with Gasteiger partial charge in [0.2, 0.25) is 0 Å². The van der Waals surface area contributed by atoms with Crippen molar-refractivity contribution >= 4 is 5.91 Å². The Morgan fingerprint density at radius 1 is 1.19 bits per heavy atom. The lowest BCUT2D eigenvalue weighted by atomic mass is 10.0. The summed E-state index contributed by atoms with van der Waals surface area (Å²) in [6.45, 7) is 0.728. The lowest BCUT2D eigenvalue weighted by Gasteiger charge is -2.28. The molecule has 0 unspecified atom stereocenters. The van der Waals surface area contributed by atoms with E-state index >= 15 is 0 Å². The van der Waals surface area contributed by atoms with Crippen LogP contribution in [0.15, 0.2) is 30.5 Å². The number of benzene rings is 1. The van der Waals surface area contributed by atoms with Crippen molar-refractivity contribution in [2.75, 3.05) is 6.54 Å². The van der Waals surface area contributed by atoms with E-state index in [2.05, 4.69) is 4.98 Å². The van der Waals surface area contributed by atoms with Crippen LogP contribution in [0.4, 0.5) is 13.2 Å². The number of nitrogens with zero attached hydrogens (tertiary/aromatic N) is 2. The minimum Gasteiger partial charge on any atom is -0.334 e. The molecule has 0 aliphatic carbocycles. The van der Waals surface area contributed by atoms with Gasteiger partial charge in [0.25, 0.3) is 5.91 Å². The third-order valence-electron chi connectivity index (χ3n) is 3.48. The molecule has 108 valence electrons.